The smallest absolute Gasteiger partial charge is 0.257 e. The summed E-state index contributed by atoms with van der Waals surface area (Å²) in [5.41, 5.74) is 3.11. The van der Waals surface area contributed by atoms with Gasteiger partial charge in [0.2, 0.25) is 5.13 Å². The van der Waals surface area contributed by atoms with Crippen LogP contribution in [0.1, 0.15) is 26.5 Å². The summed E-state index contributed by atoms with van der Waals surface area (Å²) in [4.78, 5) is 12.5. The zero-order valence-electron chi connectivity index (χ0n) is 15.5. The molecule has 1 aliphatic heterocycles. The number of fused-ring (bicyclic) bond motifs is 1. The Morgan fingerprint density at radius 3 is 2.93 bits per heavy atom. The first-order valence-corrected chi connectivity index (χ1v) is 10.2. The lowest BCUT2D eigenvalue weighted by Gasteiger charge is -2.17. The number of nitrogens with zero attached hydrogens (tertiary/aromatic N) is 2. The fourth-order valence-corrected chi connectivity index (χ4v) is 3.91. The molecule has 0 saturated carbocycles. The lowest BCUT2D eigenvalue weighted by molar-refractivity contribution is 0.102. The van der Waals surface area contributed by atoms with Gasteiger partial charge in [-0.2, -0.15) is 0 Å². The molecule has 152 valence electrons. The van der Waals surface area contributed by atoms with Crippen molar-refractivity contribution in [2.75, 3.05) is 18.5 Å². The van der Waals surface area contributed by atoms with Crippen molar-refractivity contribution in [1.82, 2.24) is 15.5 Å². The van der Waals surface area contributed by atoms with Crippen molar-refractivity contribution in [3.05, 3.63) is 69.2 Å². The van der Waals surface area contributed by atoms with Crippen LogP contribution in [0, 0.1) is 0 Å². The molecule has 2 N–H and O–H groups in total. The molecule has 0 saturated heterocycles. The fraction of sp³-hybridized carbons (Fsp3) is 0.250. The number of hydrogen-bond acceptors (Lipinski definition) is 6. The summed E-state index contributed by atoms with van der Waals surface area (Å²) >= 11 is 7.42. The predicted octanol–water partition coefficient (Wildman–Crippen LogP) is 4.13. The Bertz CT molecular complexity index is 996. The predicted molar refractivity (Wildman–Crippen MR) is 118 cm³/mol. The molecular weight excluding hydrogens is 431 g/mol. The first-order valence-electron chi connectivity index (χ1n) is 9.02. The van der Waals surface area contributed by atoms with Gasteiger partial charge in [0.1, 0.15) is 10.8 Å². The Labute approximate surface area is 184 Å². The SMILES string of the molecule is Cl.O=C(Nc1nnc(CCOc2ccccc2Cl)s1)c1ccc2c(c1)CCNC2. The van der Waals surface area contributed by atoms with Gasteiger partial charge in [0.05, 0.1) is 11.6 Å². The molecule has 4 rings (SSSR count). The average molecular weight is 451 g/mol. The van der Waals surface area contributed by atoms with Crippen LogP contribution in [0.15, 0.2) is 42.5 Å². The molecule has 9 heteroatoms. The first kappa shape index (κ1) is 21.5. The number of ether oxygens (including phenoxy) is 1. The Morgan fingerprint density at radius 2 is 2.07 bits per heavy atom. The number of carbonyl (C=O) groups excluding carboxylic acids is 1. The summed E-state index contributed by atoms with van der Waals surface area (Å²) in [6, 6.07) is 13.2. The zero-order chi connectivity index (χ0) is 19.3. The van der Waals surface area contributed by atoms with Gasteiger partial charge in [0.15, 0.2) is 0 Å². The molecule has 1 aromatic heterocycles. The first-order chi connectivity index (χ1) is 13.7. The third-order valence-corrected chi connectivity index (χ3v) is 5.66. The number of amides is 1. The monoisotopic (exact) mass is 450 g/mol. The maximum atomic E-state index is 12.5. The summed E-state index contributed by atoms with van der Waals surface area (Å²) in [6.45, 7) is 2.23. The molecule has 2 heterocycles. The third-order valence-electron chi connectivity index (χ3n) is 4.45. The summed E-state index contributed by atoms with van der Waals surface area (Å²) in [5.74, 6) is 0.473. The minimum atomic E-state index is -0.170. The Morgan fingerprint density at radius 1 is 1.21 bits per heavy atom. The summed E-state index contributed by atoms with van der Waals surface area (Å²) < 4.78 is 5.67. The van der Waals surface area contributed by atoms with Crippen molar-refractivity contribution in [1.29, 1.82) is 0 Å². The van der Waals surface area contributed by atoms with Crippen molar-refractivity contribution < 1.29 is 9.53 Å². The van der Waals surface area contributed by atoms with Crippen LogP contribution in [0.2, 0.25) is 5.02 Å². The van der Waals surface area contributed by atoms with Crippen LogP contribution in [0.4, 0.5) is 5.13 Å². The van der Waals surface area contributed by atoms with Crippen LogP contribution in [0.5, 0.6) is 5.75 Å². The number of rotatable bonds is 6. The van der Waals surface area contributed by atoms with Crippen LogP contribution >= 0.6 is 35.3 Å². The molecule has 29 heavy (non-hydrogen) atoms. The standard InChI is InChI=1S/C20H19ClN4O2S.ClH/c21-16-3-1-2-4-17(16)27-10-8-18-24-25-20(28-18)23-19(26)14-5-6-15-12-22-9-7-13(15)11-14;/h1-6,11,22H,7-10,12H2,(H,23,25,26);1H. The average Bonchev–Trinajstić information content (AvgIpc) is 3.16. The van der Waals surface area contributed by atoms with Gasteiger partial charge in [-0.05, 0) is 48.4 Å². The van der Waals surface area contributed by atoms with Gasteiger partial charge in [0.25, 0.3) is 5.91 Å². The number of halogens is 2. The second-order valence-electron chi connectivity index (χ2n) is 6.39. The lowest BCUT2D eigenvalue weighted by atomic mass is 9.98. The van der Waals surface area contributed by atoms with Gasteiger partial charge in [-0.15, -0.1) is 22.6 Å². The second kappa shape index (κ2) is 10.0. The van der Waals surface area contributed by atoms with E-state index in [-0.39, 0.29) is 18.3 Å². The van der Waals surface area contributed by atoms with E-state index in [1.807, 2.05) is 36.4 Å². The summed E-state index contributed by atoms with van der Waals surface area (Å²) in [6.07, 6.45) is 1.52. The quantitative estimate of drug-likeness (QED) is 0.590. The van der Waals surface area contributed by atoms with Crippen LogP contribution in [0.25, 0.3) is 0 Å². The highest BCUT2D eigenvalue weighted by molar-refractivity contribution is 7.15. The normalized spacial score (nSPS) is 12.6. The highest BCUT2D eigenvalue weighted by Gasteiger charge is 2.14. The van der Waals surface area contributed by atoms with E-state index in [0.29, 0.717) is 34.5 Å². The molecule has 0 atom stereocenters. The van der Waals surface area contributed by atoms with Gasteiger partial charge in [0, 0.05) is 18.5 Å². The molecule has 1 aliphatic rings. The molecule has 0 bridgehead atoms. The van der Waals surface area contributed by atoms with Gasteiger partial charge in [-0.25, -0.2) is 0 Å². The number of hydrogen-bond donors (Lipinski definition) is 2. The Kier molecular flexibility index (Phi) is 7.44. The highest BCUT2D eigenvalue weighted by Crippen LogP contribution is 2.24. The summed E-state index contributed by atoms with van der Waals surface area (Å²) in [5, 5.41) is 16.2. The van der Waals surface area contributed by atoms with Gasteiger partial charge in [-0.1, -0.05) is 41.1 Å². The number of carbonyl (C=O) groups is 1. The topological polar surface area (TPSA) is 76.1 Å². The molecule has 6 nitrogen and oxygen atoms in total. The van der Waals surface area contributed by atoms with Crippen molar-refractivity contribution in [3.63, 3.8) is 0 Å². The number of anilines is 1. The van der Waals surface area contributed by atoms with Gasteiger partial charge in [-0.3, -0.25) is 10.1 Å². The third kappa shape index (κ3) is 5.45. The lowest BCUT2D eigenvalue weighted by Crippen LogP contribution is -2.24. The van der Waals surface area contributed by atoms with Gasteiger partial charge < -0.3 is 10.1 Å². The van der Waals surface area contributed by atoms with Crippen molar-refractivity contribution in [2.45, 2.75) is 19.4 Å². The molecule has 0 radical (unpaired) electrons. The van der Waals surface area contributed by atoms with Crippen LogP contribution in [-0.2, 0) is 19.4 Å². The van der Waals surface area contributed by atoms with E-state index < -0.39 is 0 Å². The summed E-state index contributed by atoms with van der Waals surface area (Å²) in [7, 11) is 0. The molecular formula is C20H20Cl2N4O2S. The van der Waals surface area contributed by atoms with E-state index in [9.17, 15) is 4.79 Å². The van der Waals surface area contributed by atoms with E-state index in [1.54, 1.807) is 6.07 Å². The maximum Gasteiger partial charge on any atom is 0.257 e. The highest BCUT2D eigenvalue weighted by atomic mass is 35.5. The Balaban J connectivity index is 0.00000240. The molecule has 3 aromatic rings. The van der Waals surface area contributed by atoms with E-state index in [1.165, 1.54) is 22.5 Å². The fourth-order valence-electron chi connectivity index (χ4n) is 3.00. The van der Waals surface area contributed by atoms with E-state index in [2.05, 4.69) is 20.8 Å². The van der Waals surface area contributed by atoms with Crippen LogP contribution in [0.3, 0.4) is 0 Å². The maximum absolute atomic E-state index is 12.5. The van der Waals surface area contributed by atoms with E-state index >= 15 is 0 Å². The van der Waals surface area contributed by atoms with E-state index in [0.717, 1.165) is 24.5 Å². The van der Waals surface area contributed by atoms with E-state index in [4.69, 9.17) is 16.3 Å². The number of para-hydroxylation sites is 1. The molecule has 0 fully saturated rings. The zero-order valence-corrected chi connectivity index (χ0v) is 17.9. The van der Waals surface area contributed by atoms with Crippen molar-refractivity contribution in [3.8, 4) is 5.75 Å². The number of nitrogens with one attached hydrogen (secondary N) is 2. The largest absolute Gasteiger partial charge is 0.492 e. The minimum absolute atomic E-state index is 0. The van der Waals surface area contributed by atoms with Gasteiger partial charge >= 0.3 is 0 Å². The molecule has 1 amide bonds. The molecule has 0 spiro atoms. The second-order valence-corrected chi connectivity index (χ2v) is 7.86. The van der Waals surface area contributed by atoms with Crippen molar-refractivity contribution in [2.24, 2.45) is 0 Å². The van der Waals surface area contributed by atoms with Crippen molar-refractivity contribution >= 4 is 46.4 Å². The number of aromatic nitrogens is 2. The van der Waals surface area contributed by atoms with Crippen LogP contribution < -0.4 is 15.4 Å². The number of benzene rings is 2. The molecule has 2 aromatic carbocycles. The molecule has 0 aliphatic carbocycles. The Hall–Kier alpha value is -2.19. The molecule has 0 unspecified atom stereocenters. The van der Waals surface area contributed by atoms with Crippen LogP contribution in [-0.4, -0.2) is 29.3 Å². The minimum Gasteiger partial charge on any atom is -0.492 e.